The number of aromatic nitrogens is 3. The average Bonchev–Trinajstić information content (AvgIpc) is 2.98. The fourth-order valence-electron chi connectivity index (χ4n) is 1.90. The molecule has 2 aromatic rings. The Kier molecular flexibility index (Phi) is 4.34. The minimum atomic E-state index is -0.0462. The number of hydrazine groups is 1. The Bertz CT molecular complexity index is 508. The van der Waals surface area contributed by atoms with Crippen molar-refractivity contribution in [2.24, 2.45) is 5.84 Å². The summed E-state index contributed by atoms with van der Waals surface area (Å²) in [6, 6.07) is -0.0462. The van der Waals surface area contributed by atoms with Crippen LogP contribution >= 0.6 is 22.9 Å². The normalized spacial score (nSPS) is 12.9. The van der Waals surface area contributed by atoms with Crippen LogP contribution in [0.25, 0.3) is 0 Å². The van der Waals surface area contributed by atoms with Gasteiger partial charge < -0.3 is 0 Å². The van der Waals surface area contributed by atoms with Crippen LogP contribution < -0.4 is 11.3 Å². The van der Waals surface area contributed by atoms with Gasteiger partial charge in [-0.05, 0) is 13.8 Å². The second-order valence-corrected chi connectivity index (χ2v) is 5.10. The highest BCUT2D eigenvalue weighted by molar-refractivity contribution is 7.07. The van der Waals surface area contributed by atoms with Gasteiger partial charge in [-0.2, -0.15) is 5.10 Å². The maximum Gasteiger partial charge on any atom is 0.0847 e. The summed E-state index contributed by atoms with van der Waals surface area (Å²) in [5, 5.41) is 7.09. The van der Waals surface area contributed by atoms with Gasteiger partial charge in [-0.3, -0.25) is 16.0 Å². The number of nitrogens with zero attached hydrogens (tertiary/aromatic N) is 3. The molecule has 0 aliphatic rings. The summed E-state index contributed by atoms with van der Waals surface area (Å²) < 4.78 is 1.91. The summed E-state index contributed by atoms with van der Waals surface area (Å²) in [5.41, 5.74) is 7.35. The van der Waals surface area contributed by atoms with Gasteiger partial charge >= 0.3 is 0 Å². The van der Waals surface area contributed by atoms with Gasteiger partial charge in [0.15, 0.2) is 0 Å². The molecule has 5 nitrogen and oxygen atoms in total. The number of rotatable bonds is 5. The van der Waals surface area contributed by atoms with Crippen LogP contribution in [0.2, 0.25) is 5.02 Å². The molecule has 18 heavy (non-hydrogen) atoms. The molecule has 7 heteroatoms. The lowest BCUT2D eigenvalue weighted by atomic mass is 10.1. The van der Waals surface area contributed by atoms with Crippen molar-refractivity contribution in [3.63, 3.8) is 0 Å². The second-order valence-electron chi connectivity index (χ2n) is 4.00. The Balaban J connectivity index is 2.27. The van der Waals surface area contributed by atoms with E-state index in [1.807, 2.05) is 23.9 Å². The van der Waals surface area contributed by atoms with Crippen molar-refractivity contribution in [1.29, 1.82) is 0 Å². The van der Waals surface area contributed by atoms with E-state index in [9.17, 15) is 0 Å². The maximum atomic E-state index is 6.29. The number of nitrogens with two attached hydrogens (primary N) is 1. The highest BCUT2D eigenvalue weighted by Gasteiger charge is 2.19. The van der Waals surface area contributed by atoms with E-state index in [1.165, 1.54) is 0 Å². The van der Waals surface area contributed by atoms with Crippen LogP contribution in [0.3, 0.4) is 0 Å². The van der Waals surface area contributed by atoms with Crippen molar-refractivity contribution in [2.45, 2.75) is 32.9 Å². The molecule has 0 bridgehead atoms. The van der Waals surface area contributed by atoms with Crippen LogP contribution in [-0.2, 0) is 13.0 Å². The number of hydrogen-bond acceptors (Lipinski definition) is 5. The Morgan fingerprint density at radius 3 is 2.94 bits per heavy atom. The molecule has 0 aliphatic carbocycles. The zero-order valence-corrected chi connectivity index (χ0v) is 11.9. The van der Waals surface area contributed by atoms with Crippen molar-refractivity contribution >= 4 is 22.9 Å². The van der Waals surface area contributed by atoms with Gasteiger partial charge in [0, 0.05) is 18.3 Å². The highest BCUT2D eigenvalue weighted by Crippen LogP contribution is 2.25. The van der Waals surface area contributed by atoms with E-state index in [2.05, 4.69) is 15.5 Å². The molecule has 0 saturated carbocycles. The maximum absolute atomic E-state index is 6.29. The number of hydrogen-bond donors (Lipinski definition) is 2. The van der Waals surface area contributed by atoms with Gasteiger partial charge in [-0.1, -0.05) is 11.6 Å². The van der Waals surface area contributed by atoms with E-state index in [0.29, 0.717) is 11.4 Å². The monoisotopic (exact) mass is 285 g/mol. The van der Waals surface area contributed by atoms with Gasteiger partial charge in [0.05, 0.1) is 33.7 Å². The lowest BCUT2D eigenvalue weighted by Gasteiger charge is -2.14. The van der Waals surface area contributed by atoms with Crippen molar-refractivity contribution in [2.75, 3.05) is 0 Å². The fraction of sp³-hybridized carbons (Fsp3) is 0.455. The van der Waals surface area contributed by atoms with Crippen LogP contribution in [0.4, 0.5) is 0 Å². The zero-order chi connectivity index (χ0) is 13.1. The molecule has 1 unspecified atom stereocenters. The van der Waals surface area contributed by atoms with Gasteiger partial charge in [0.1, 0.15) is 0 Å². The first-order valence-electron chi connectivity index (χ1n) is 5.73. The first-order chi connectivity index (χ1) is 8.67. The fourth-order valence-corrected chi connectivity index (χ4v) is 2.72. The van der Waals surface area contributed by atoms with E-state index in [-0.39, 0.29) is 6.04 Å². The van der Waals surface area contributed by atoms with E-state index in [1.54, 1.807) is 16.8 Å². The molecule has 0 radical (unpaired) electrons. The lowest BCUT2D eigenvalue weighted by Crippen LogP contribution is -2.30. The first kappa shape index (κ1) is 13.5. The smallest absolute Gasteiger partial charge is 0.0847 e. The molecular formula is C11H16ClN5S. The first-order valence-corrected chi connectivity index (χ1v) is 7.05. The largest absolute Gasteiger partial charge is 0.271 e. The number of halogens is 1. The summed E-state index contributed by atoms with van der Waals surface area (Å²) in [4.78, 5) is 4.28. The molecule has 2 aromatic heterocycles. The molecule has 0 spiro atoms. The third-order valence-corrected chi connectivity index (χ3v) is 3.96. The SMILES string of the molecule is CCn1nc(C)c(Cl)c1CC(NN)c1cscn1. The molecule has 0 amide bonds. The van der Waals surface area contributed by atoms with Gasteiger partial charge in [0.2, 0.25) is 0 Å². The Morgan fingerprint density at radius 1 is 1.61 bits per heavy atom. The Labute approximate surface area is 115 Å². The standard InChI is InChI=1S/C11H16ClN5S/c1-3-17-10(11(12)7(2)16-17)4-8(15-13)9-5-18-6-14-9/h5-6,8,15H,3-4,13H2,1-2H3. The minimum Gasteiger partial charge on any atom is -0.271 e. The van der Waals surface area contributed by atoms with E-state index < -0.39 is 0 Å². The molecule has 0 aromatic carbocycles. The Hall–Kier alpha value is -0.950. The topological polar surface area (TPSA) is 68.8 Å². The summed E-state index contributed by atoms with van der Waals surface area (Å²) in [6.07, 6.45) is 0.674. The second kappa shape index (κ2) is 5.79. The molecule has 2 heterocycles. The van der Waals surface area contributed by atoms with E-state index >= 15 is 0 Å². The molecular weight excluding hydrogens is 270 g/mol. The number of aryl methyl sites for hydroxylation is 2. The van der Waals surface area contributed by atoms with Crippen LogP contribution in [0.1, 0.15) is 30.0 Å². The van der Waals surface area contributed by atoms with E-state index in [4.69, 9.17) is 17.4 Å². The van der Waals surface area contributed by atoms with Gasteiger partial charge in [0.25, 0.3) is 0 Å². The van der Waals surface area contributed by atoms with Crippen LogP contribution in [-0.4, -0.2) is 14.8 Å². The van der Waals surface area contributed by atoms with Crippen molar-refractivity contribution in [3.8, 4) is 0 Å². The van der Waals surface area contributed by atoms with Crippen molar-refractivity contribution in [1.82, 2.24) is 20.2 Å². The van der Waals surface area contributed by atoms with Gasteiger partial charge in [-0.15, -0.1) is 11.3 Å². The van der Waals surface area contributed by atoms with Crippen molar-refractivity contribution in [3.05, 3.63) is 33.0 Å². The predicted octanol–water partition coefficient (Wildman–Crippen LogP) is 2.07. The minimum absolute atomic E-state index is 0.0462. The Morgan fingerprint density at radius 2 is 2.39 bits per heavy atom. The van der Waals surface area contributed by atoms with Crippen LogP contribution in [0.15, 0.2) is 10.9 Å². The number of nitrogens with one attached hydrogen (secondary N) is 1. The molecule has 1 atom stereocenters. The van der Waals surface area contributed by atoms with Crippen molar-refractivity contribution < 1.29 is 0 Å². The van der Waals surface area contributed by atoms with Crippen LogP contribution in [0, 0.1) is 6.92 Å². The third-order valence-electron chi connectivity index (χ3n) is 2.86. The summed E-state index contributed by atoms with van der Waals surface area (Å²) in [6.45, 7) is 4.74. The summed E-state index contributed by atoms with van der Waals surface area (Å²) in [5.74, 6) is 5.60. The molecule has 0 saturated heterocycles. The number of thiazole rings is 1. The summed E-state index contributed by atoms with van der Waals surface area (Å²) in [7, 11) is 0. The van der Waals surface area contributed by atoms with Gasteiger partial charge in [-0.25, -0.2) is 4.98 Å². The molecule has 0 fully saturated rings. The predicted molar refractivity (Wildman–Crippen MR) is 73.5 cm³/mol. The molecule has 98 valence electrons. The van der Waals surface area contributed by atoms with E-state index in [0.717, 1.165) is 23.6 Å². The quantitative estimate of drug-likeness (QED) is 0.652. The third kappa shape index (κ3) is 2.56. The lowest BCUT2D eigenvalue weighted by molar-refractivity contribution is 0.509. The average molecular weight is 286 g/mol. The molecule has 3 N–H and O–H groups in total. The zero-order valence-electron chi connectivity index (χ0n) is 10.4. The highest BCUT2D eigenvalue weighted by atomic mass is 35.5. The molecule has 2 rings (SSSR count). The summed E-state index contributed by atoms with van der Waals surface area (Å²) >= 11 is 7.84. The molecule has 0 aliphatic heterocycles. The van der Waals surface area contributed by atoms with Crippen LogP contribution in [0.5, 0.6) is 0 Å².